The highest BCUT2D eigenvalue weighted by molar-refractivity contribution is 6.03. The van der Waals surface area contributed by atoms with Crippen molar-refractivity contribution in [3.8, 4) is 11.3 Å². The Morgan fingerprint density at radius 1 is 1.12 bits per heavy atom. The standard InChI is InChI=1S/C22H22F3N5O2/c1-10(2)30-20(26)18(21(27)31)19(29-30)15-8-16(24)12(6-17(15)25)9-28-22(32)14-7-13(23)5-4-11(14)3/h4-8,10H,9,26H2,1-3H3,(H2,27,31)(H,28,32). The molecule has 2 aromatic carbocycles. The number of nitrogen functional groups attached to an aromatic ring is 1. The lowest BCUT2D eigenvalue weighted by Crippen LogP contribution is -2.24. The zero-order chi connectivity index (χ0) is 23.7. The van der Waals surface area contributed by atoms with E-state index in [1.54, 1.807) is 20.8 Å². The molecule has 0 aliphatic rings. The maximum Gasteiger partial charge on any atom is 0.254 e. The van der Waals surface area contributed by atoms with Crippen molar-refractivity contribution in [3.63, 3.8) is 0 Å². The van der Waals surface area contributed by atoms with E-state index in [1.165, 1.54) is 16.8 Å². The van der Waals surface area contributed by atoms with Gasteiger partial charge in [-0.15, -0.1) is 0 Å². The SMILES string of the molecule is Cc1ccc(F)cc1C(=O)NCc1cc(F)c(-c2nn(C(C)C)c(N)c2C(N)=O)cc1F. The summed E-state index contributed by atoms with van der Waals surface area (Å²) in [5.74, 6) is -3.92. The smallest absolute Gasteiger partial charge is 0.254 e. The molecule has 0 spiro atoms. The average Bonchev–Trinajstić information content (AvgIpc) is 3.07. The molecule has 5 N–H and O–H groups in total. The number of nitrogens with one attached hydrogen (secondary N) is 1. The zero-order valence-corrected chi connectivity index (χ0v) is 17.7. The van der Waals surface area contributed by atoms with Gasteiger partial charge in [0.05, 0.1) is 0 Å². The third-order valence-corrected chi connectivity index (χ3v) is 4.96. The molecule has 0 aliphatic heterocycles. The molecule has 168 valence electrons. The van der Waals surface area contributed by atoms with Crippen molar-refractivity contribution in [2.45, 2.75) is 33.4 Å². The summed E-state index contributed by atoms with van der Waals surface area (Å²) in [5.41, 5.74) is 11.1. The van der Waals surface area contributed by atoms with E-state index in [-0.39, 0.29) is 46.4 Å². The van der Waals surface area contributed by atoms with E-state index < -0.39 is 29.3 Å². The highest BCUT2D eigenvalue weighted by Gasteiger charge is 2.25. The first kappa shape index (κ1) is 22.9. The number of nitrogens with zero attached hydrogens (tertiary/aromatic N) is 2. The van der Waals surface area contributed by atoms with Crippen LogP contribution in [0.2, 0.25) is 0 Å². The predicted octanol–water partition coefficient (Wildman–Crippen LogP) is 3.47. The molecule has 1 aromatic heterocycles. The minimum atomic E-state index is -0.925. The molecular weight excluding hydrogens is 423 g/mol. The van der Waals surface area contributed by atoms with Gasteiger partial charge in [-0.2, -0.15) is 5.10 Å². The molecule has 0 unspecified atom stereocenters. The van der Waals surface area contributed by atoms with Crippen molar-refractivity contribution in [2.24, 2.45) is 5.73 Å². The fourth-order valence-corrected chi connectivity index (χ4v) is 3.29. The van der Waals surface area contributed by atoms with Gasteiger partial charge in [0, 0.05) is 29.3 Å². The lowest BCUT2D eigenvalue weighted by atomic mass is 10.0. The van der Waals surface area contributed by atoms with Crippen molar-refractivity contribution >= 4 is 17.6 Å². The number of nitrogens with two attached hydrogens (primary N) is 2. The number of hydrogen-bond donors (Lipinski definition) is 3. The topological polar surface area (TPSA) is 116 Å². The van der Waals surface area contributed by atoms with Gasteiger partial charge in [-0.25, -0.2) is 17.9 Å². The molecule has 0 saturated heterocycles. The number of primary amides is 1. The molecule has 0 fully saturated rings. The van der Waals surface area contributed by atoms with Crippen LogP contribution in [-0.4, -0.2) is 21.6 Å². The molecule has 32 heavy (non-hydrogen) atoms. The monoisotopic (exact) mass is 445 g/mol. The summed E-state index contributed by atoms with van der Waals surface area (Å²) in [5, 5.41) is 6.59. The summed E-state index contributed by atoms with van der Waals surface area (Å²) >= 11 is 0. The largest absolute Gasteiger partial charge is 0.383 e. The van der Waals surface area contributed by atoms with Gasteiger partial charge in [0.15, 0.2) is 0 Å². The number of carbonyl (C=O) groups is 2. The molecular formula is C22H22F3N5O2. The molecule has 0 bridgehead atoms. The molecule has 0 saturated carbocycles. The van der Waals surface area contributed by atoms with E-state index in [0.717, 1.165) is 18.2 Å². The van der Waals surface area contributed by atoms with Crippen LogP contribution >= 0.6 is 0 Å². The Hall–Kier alpha value is -3.82. The van der Waals surface area contributed by atoms with Crippen LogP contribution in [-0.2, 0) is 6.54 Å². The summed E-state index contributed by atoms with van der Waals surface area (Å²) < 4.78 is 44.4. The van der Waals surface area contributed by atoms with Crippen LogP contribution < -0.4 is 16.8 Å². The van der Waals surface area contributed by atoms with Crippen molar-refractivity contribution in [2.75, 3.05) is 5.73 Å². The minimum absolute atomic E-state index is 0.0517. The van der Waals surface area contributed by atoms with Crippen LogP contribution in [0.25, 0.3) is 11.3 Å². The summed E-state index contributed by atoms with van der Waals surface area (Å²) in [6.45, 7) is 4.78. The van der Waals surface area contributed by atoms with Gasteiger partial charge in [-0.1, -0.05) is 6.07 Å². The number of anilines is 1. The van der Waals surface area contributed by atoms with E-state index in [0.29, 0.717) is 5.56 Å². The van der Waals surface area contributed by atoms with E-state index in [1.807, 2.05) is 0 Å². The van der Waals surface area contributed by atoms with E-state index in [4.69, 9.17) is 11.5 Å². The molecule has 0 radical (unpaired) electrons. The molecule has 10 heteroatoms. The van der Waals surface area contributed by atoms with Crippen molar-refractivity contribution in [1.82, 2.24) is 15.1 Å². The quantitative estimate of drug-likeness (QED) is 0.539. The van der Waals surface area contributed by atoms with Crippen LogP contribution in [0.4, 0.5) is 19.0 Å². The number of hydrogen-bond acceptors (Lipinski definition) is 4. The second-order valence-corrected chi connectivity index (χ2v) is 7.58. The Kier molecular flexibility index (Phi) is 6.24. The van der Waals surface area contributed by atoms with Crippen LogP contribution in [0.15, 0.2) is 30.3 Å². The van der Waals surface area contributed by atoms with Gasteiger partial charge in [-0.3, -0.25) is 9.59 Å². The molecule has 2 amide bonds. The van der Waals surface area contributed by atoms with Crippen LogP contribution in [0.5, 0.6) is 0 Å². The predicted molar refractivity (Wildman–Crippen MR) is 113 cm³/mol. The second kappa shape index (κ2) is 8.74. The van der Waals surface area contributed by atoms with Gasteiger partial charge < -0.3 is 16.8 Å². The number of rotatable bonds is 6. The number of aromatic nitrogens is 2. The number of carbonyl (C=O) groups excluding carboxylic acids is 2. The zero-order valence-electron chi connectivity index (χ0n) is 17.7. The maximum absolute atomic E-state index is 14.9. The number of benzene rings is 2. The molecule has 1 heterocycles. The lowest BCUT2D eigenvalue weighted by Gasteiger charge is -2.10. The second-order valence-electron chi connectivity index (χ2n) is 7.58. The van der Waals surface area contributed by atoms with Gasteiger partial charge in [0.2, 0.25) is 0 Å². The maximum atomic E-state index is 14.9. The first-order valence-corrected chi connectivity index (χ1v) is 9.71. The van der Waals surface area contributed by atoms with Crippen molar-refractivity contribution in [1.29, 1.82) is 0 Å². The number of halogens is 3. The fraction of sp³-hybridized carbons (Fsp3) is 0.227. The summed E-state index contributed by atoms with van der Waals surface area (Å²) in [4.78, 5) is 24.2. The molecule has 0 aliphatic carbocycles. The van der Waals surface area contributed by atoms with Crippen molar-refractivity contribution < 1.29 is 22.8 Å². The van der Waals surface area contributed by atoms with Crippen LogP contribution in [0.3, 0.4) is 0 Å². The van der Waals surface area contributed by atoms with E-state index in [2.05, 4.69) is 10.4 Å². The first-order valence-electron chi connectivity index (χ1n) is 9.71. The summed E-state index contributed by atoms with van der Waals surface area (Å²) in [7, 11) is 0. The lowest BCUT2D eigenvalue weighted by molar-refractivity contribution is 0.0948. The van der Waals surface area contributed by atoms with Gasteiger partial charge in [0.25, 0.3) is 11.8 Å². The minimum Gasteiger partial charge on any atom is -0.383 e. The third-order valence-electron chi connectivity index (χ3n) is 4.96. The summed E-state index contributed by atoms with van der Waals surface area (Å²) in [6, 6.07) is 5.22. The van der Waals surface area contributed by atoms with E-state index in [9.17, 15) is 22.8 Å². The first-order chi connectivity index (χ1) is 15.0. The highest BCUT2D eigenvalue weighted by atomic mass is 19.1. The normalized spacial score (nSPS) is 11.1. The molecule has 0 atom stereocenters. The fourth-order valence-electron chi connectivity index (χ4n) is 3.29. The summed E-state index contributed by atoms with van der Waals surface area (Å²) in [6.07, 6.45) is 0. The highest BCUT2D eigenvalue weighted by Crippen LogP contribution is 2.32. The van der Waals surface area contributed by atoms with E-state index >= 15 is 0 Å². The van der Waals surface area contributed by atoms with Gasteiger partial charge >= 0.3 is 0 Å². The van der Waals surface area contributed by atoms with Crippen molar-refractivity contribution in [3.05, 3.63) is 70.0 Å². The van der Waals surface area contributed by atoms with Gasteiger partial charge in [0.1, 0.15) is 34.5 Å². The van der Waals surface area contributed by atoms with Crippen LogP contribution in [0, 0.1) is 24.4 Å². The number of aryl methyl sites for hydroxylation is 1. The Morgan fingerprint density at radius 2 is 1.81 bits per heavy atom. The molecule has 7 nitrogen and oxygen atoms in total. The third kappa shape index (κ3) is 4.29. The molecule has 3 aromatic rings. The average molecular weight is 445 g/mol. The molecule has 3 rings (SSSR count). The Balaban J connectivity index is 1.93. The van der Waals surface area contributed by atoms with Crippen LogP contribution in [0.1, 0.15) is 51.7 Å². The Labute approximate surface area is 182 Å². The number of amides is 2. The Morgan fingerprint density at radius 3 is 2.44 bits per heavy atom. The van der Waals surface area contributed by atoms with Gasteiger partial charge in [-0.05, 0) is 50.6 Å². The Bertz CT molecular complexity index is 1220.